The van der Waals surface area contributed by atoms with Gasteiger partial charge in [-0.3, -0.25) is 14.2 Å². The first-order valence-corrected chi connectivity index (χ1v) is 10.7. The van der Waals surface area contributed by atoms with Crippen molar-refractivity contribution in [2.75, 3.05) is 11.9 Å². The number of halogens is 5. The molecule has 4 heterocycles. The van der Waals surface area contributed by atoms with E-state index in [-0.39, 0.29) is 46.5 Å². The molecule has 190 valence electrons. The number of hydrogen-bond donors (Lipinski definition) is 3. The van der Waals surface area contributed by atoms with Gasteiger partial charge in [-0.25, -0.2) is 19.2 Å². The van der Waals surface area contributed by atoms with Crippen LogP contribution in [0.2, 0.25) is 5.02 Å². The van der Waals surface area contributed by atoms with Crippen LogP contribution in [0.5, 0.6) is 0 Å². The third-order valence-electron chi connectivity index (χ3n) is 4.77. The zero-order valence-corrected chi connectivity index (χ0v) is 19.0. The summed E-state index contributed by atoms with van der Waals surface area (Å²) in [6, 6.07) is 1.29. The predicted molar refractivity (Wildman–Crippen MR) is 113 cm³/mol. The molecule has 0 spiro atoms. The van der Waals surface area contributed by atoms with Crippen molar-refractivity contribution in [1.29, 1.82) is 0 Å². The van der Waals surface area contributed by atoms with E-state index in [1.54, 1.807) is 13.8 Å². The van der Waals surface area contributed by atoms with E-state index in [4.69, 9.17) is 21.1 Å². The molecule has 1 aliphatic rings. The third-order valence-corrected chi connectivity index (χ3v) is 5.04. The topological polar surface area (TPSA) is 128 Å². The van der Waals surface area contributed by atoms with Gasteiger partial charge in [0.15, 0.2) is 23.7 Å². The van der Waals surface area contributed by atoms with Crippen molar-refractivity contribution in [3.05, 3.63) is 34.9 Å². The average molecular weight is 522 g/mol. The summed E-state index contributed by atoms with van der Waals surface area (Å²) in [5.74, 6) is 0.333. The number of fused-ring (bicyclic) bond motifs is 1. The molecule has 0 aliphatic carbocycles. The summed E-state index contributed by atoms with van der Waals surface area (Å²) in [4.78, 5) is 19.9. The van der Waals surface area contributed by atoms with Gasteiger partial charge in [-0.05, 0) is 13.8 Å². The average Bonchev–Trinajstić information content (AvgIpc) is 3.47. The molecule has 0 saturated carbocycles. The van der Waals surface area contributed by atoms with Gasteiger partial charge in [0.25, 0.3) is 0 Å². The number of ether oxygens (including phenoxy) is 3. The highest BCUT2D eigenvalue weighted by Gasteiger charge is 2.42. The molecule has 16 heteroatoms. The fourth-order valence-corrected chi connectivity index (χ4v) is 3.50. The first kappa shape index (κ1) is 24.9. The van der Waals surface area contributed by atoms with Crippen molar-refractivity contribution in [3.63, 3.8) is 0 Å². The van der Waals surface area contributed by atoms with Crippen molar-refractivity contribution in [2.24, 2.45) is 0 Å². The Morgan fingerprint density at radius 1 is 1.43 bits per heavy atom. The minimum absolute atomic E-state index is 0.0323. The summed E-state index contributed by atoms with van der Waals surface area (Å²) in [6.45, 7) is 2.52. The molecule has 1 saturated heterocycles. The molecule has 3 aromatic heterocycles. The Labute approximate surface area is 200 Å². The van der Waals surface area contributed by atoms with Crippen LogP contribution in [-0.2, 0) is 20.8 Å². The number of alkyl halides is 4. The predicted octanol–water partition coefficient (Wildman–Crippen LogP) is 3.80. The van der Waals surface area contributed by atoms with Crippen molar-refractivity contribution in [2.45, 2.75) is 51.2 Å². The lowest BCUT2D eigenvalue weighted by Crippen LogP contribution is -2.36. The Bertz CT molecular complexity index is 1200. The normalized spacial score (nSPS) is 20.5. The van der Waals surface area contributed by atoms with E-state index in [0.29, 0.717) is 0 Å². The van der Waals surface area contributed by atoms with Crippen LogP contribution in [-0.4, -0.2) is 61.9 Å². The van der Waals surface area contributed by atoms with Crippen LogP contribution < -0.4 is 10.6 Å². The van der Waals surface area contributed by atoms with Crippen LogP contribution >= 0.6 is 11.6 Å². The first-order chi connectivity index (χ1) is 16.5. The number of nitrogens with zero attached hydrogens (tertiary/aromatic N) is 4. The van der Waals surface area contributed by atoms with Crippen LogP contribution in [0.3, 0.4) is 0 Å². The van der Waals surface area contributed by atoms with Gasteiger partial charge >= 0.3 is 12.5 Å². The molecule has 0 radical (unpaired) electrons. The number of imidazole rings is 1. The van der Waals surface area contributed by atoms with Crippen molar-refractivity contribution in [1.82, 2.24) is 29.9 Å². The molecular formula is C19H20ClF4N7O4. The van der Waals surface area contributed by atoms with Gasteiger partial charge in [-0.15, -0.1) is 13.2 Å². The van der Waals surface area contributed by atoms with E-state index in [0.717, 1.165) is 0 Å². The minimum atomic E-state index is -4.82. The molecule has 0 aromatic carbocycles. The lowest BCUT2D eigenvalue weighted by atomic mass is 10.1. The number of aromatic nitrogens is 5. The Morgan fingerprint density at radius 3 is 2.91 bits per heavy atom. The van der Waals surface area contributed by atoms with Crippen molar-refractivity contribution in [3.8, 4) is 0 Å². The standard InChI is InChI=1S/C19H20ClF4N7O4/c1-8(2)26-18(32)35-12-7-33-15(14(12)21)11-3-13(30-29-11)28-17-25-4-10(20)16-27-9(5-31(16)17)6-34-19(22,23)24/h3-5,8,12,14-15H,6-7H2,1-2H3,(H,26,32)(H2,25,28,29,30)/t12-,14-,15-/m1/s1. The minimum Gasteiger partial charge on any atom is -0.441 e. The van der Waals surface area contributed by atoms with E-state index in [2.05, 4.69) is 35.5 Å². The van der Waals surface area contributed by atoms with E-state index in [1.165, 1.54) is 22.9 Å². The summed E-state index contributed by atoms with van der Waals surface area (Å²) in [5, 5.41) is 12.2. The molecule has 35 heavy (non-hydrogen) atoms. The Hall–Kier alpha value is -3.17. The van der Waals surface area contributed by atoms with Crippen LogP contribution in [0.25, 0.3) is 5.65 Å². The number of rotatable bonds is 7. The maximum Gasteiger partial charge on any atom is 0.522 e. The highest BCUT2D eigenvalue weighted by atomic mass is 35.5. The Morgan fingerprint density at radius 2 is 2.20 bits per heavy atom. The second-order valence-corrected chi connectivity index (χ2v) is 8.27. The Kier molecular flexibility index (Phi) is 7.00. The van der Waals surface area contributed by atoms with Crippen LogP contribution in [0, 0.1) is 0 Å². The second-order valence-electron chi connectivity index (χ2n) is 7.86. The number of carbonyl (C=O) groups excluding carboxylic acids is 1. The lowest BCUT2D eigenvalue weighted by molar-refractivity contribution is -0.330. The maximum atomic E-state index is 14.9. The molecule has 0 bridgehead atoms. The molecular weight excluding hydrogens is 502 g/mol. The van der Waals surface area contributed by atoms with Gasteiger partial charge in [0.1, 0.15) is 11.1 Å². The molecule has 3 N–H and O–H groups in total. The number of H-pyrrole nitrogens is 1. The SMILES string of the molecule is CC(C)NC(=O)O[C@@H]1CO[C@H](c2cc(Nc3ncc(Cl)c4nc(COC(F)(F)F)cn34)n[nH]2)[C@@H]1F. The lowest BCUT2D eigenvalue weighted by Gasteiger charge is -2.16. The molecule has 1 fully saturated rings. The second kappa shape index (κ2) is 9.83. The van der Waals surface area contributed by atoms with Gasteiger partial charge in [-0.2, -0.15) is 5.10 Å². The summed E-state index contributed by atoms with van der Waals surface area (Å²) in [5.41, 5.74) is 0.379. The molecule has 4 rings (SSSR count). The van der Waals surface area contributed by atoms with E-state index >= 15 is 0 Å². The number of alkyl carbamates (subject to hydrolysis) is 1. The van der Waals surface area contributed by atoms with Gasteiger partial charge in [0, 0.05) is 18.3 Å². The quantitative estimate of drug-likeness (QED) is 0.401. The Balaban J connectivity index is 1.46. The van der Waals surface area contributed by atoms with Crippen LogP contribution in [0.1, 0.15) is 31.3 Å². The zero-order valence-electron chi connectivity index (χ0n) is 18.3. The van der Waals surface area contributed by atoms with Gasteiger partial charge in [-0.1, -0.05) is 11.6 Å². The molecule has 3 aromatic rings. The number of carbonyl (C=O) groups is 1. The van der Waals surface area contributed by atoms with Crippen LogP contribution in [0.15, 0.2) is 18.5 Å². The third kappa shape index (κ3) is 5.91. The fraction of sp³-hybridized carbons (Fsp3) is 0.474. The highest BCUT2D eigenvalue weighted by molar-refractivity contribution is 6.33. The molecule has 0 unspecified atom stereocenters. The van der Waals surface area contributed by atoms with Crippen molar-refractivity contribution < 1.29 is 36.6 Å². The maximum absolute atomic E-state index is 14.9. The monoisotopic (exact) mass is 521 g/mol. The van der Waals surface area contributed by atoms with Gasteiger partial charge in [0.05, 0.1) is 30.8 Å². The van der Waals surface area contributed by atoms with E-state index < -0.39 is 37.4 Å². The van der Waals surface area contributed by atoms with Crippen molar-refractivity contribution >= 4 is 35.1 Å². The molecule has 3 atom stereocenters. The number of aromatic amines is 1. The number of amides is 1. The smallest absolute Gasteiger partial charge is 0.441 e. The molecule has 1 aliphatic heterocycles. The summed E-state index contributed by atoms with van der Waals surface area (Å²) in [7, 11) is 0. The van der Waals surface area contributed by atoms with Crippen LogP contribution in [0.4, 0.5) is 34.1 Å². The number of nitrogens with one attached hydrogen (secondary N) is 3. The summed E-state index contributed by atoms with van der Waals surface area (Å²) in [6.07, 6.45) is -6.84. The molecule has 1 amide bonds. The summed E-state index contributed by atoms with van der Waals surface area (Å²) < 4.78 is 67.6. The fourth-order valence-electron chi connectivity index (χ4n) is 3.32. The largest absolute Gasteiger partial charge is 0.522 e. The number of hydrogen-bond acceptors (Lipinski definition) is 8. The summed E-state index contributed by atoms with van der Waals surface area (Å²) >= 11 is 6.06. The highest BCUT2D eigenvalue weighted by Crippen LogP contribution is 2.33. The number of anilines is 2. The molecule has 11 nitrogen and oxygen atoms in total. The first-order valence-electron chi connectivity index (χ1n) is 10.3. The van der Waals surface area contributed by atoms with Gasteiger partial charge in [0.2, 0.25) is 5.95 Å². The zero-order chi connectivity index (χ0) is 25.3. The van der Waals surface area contributed by atoms with E-state index in [1.807, 2.05) is 0 Å². The van der Waals surface area contributed by atoms with E-state index in [9.17, 15) is 22.4 Å². The van der Waals surface area contributed by atoms with Gasteiger partial charge < -0.3 is 20.1 Å².